The van der Waals surface area contributed by atoms with Gasteiger partial charge in [0, 0.05) is 30.9 Å². The number of hydrogen-bond donors (Lipinski definition) is 1. The van der Waals surface area contributed by atoms with Gasteiger partial charge < -0.3 is 10.2 Å². The van der Waals surface area contributed by atoms with Crippen LogP contribution in [-0.4, -0.2) is 40.7 Å². The molecule has 0 amide bonds. The van der Waals surface area contributed by atoms with Crippen LogP contribution in [0, 0.1) is 0 Å². The Kier molecular flexibility index (Phi) is 3.30. The Morgan fingerprint density at radius 1 is 1.44 bits per heavy atom. The van der Waals surface area contributed by atoms with Crippen molar-refractivity contribution >= 4 is 5.52 Å². The first-order valence-electron chi connectivity index (χ1n) is 6.66. The lowest BCUT2D eigenvalue weighted by Gasteiger charge is -2.30. The Hall–Kier alpha value is -1.39. The average Bonchev–Trinajstić information content (AvgIpc) is 2.80. The number of aromatic nitrogens is 2. The van der Waals surface area contributed by atoms with Crippen molar-refractivity contribution in [2.75, 3.05) is 20.1 Å². The number of piperidine rings is 1. The minimum atomic E-state index is 0.613. The molecule has 0 aliphatic carbocycles. The van der Waals surface area contributed by atoms with Gasteiger partial charge in [-0.25, -0.2) is 4.52 Å². The second kappa shape index (κ2) is 5.08. The minimum Gasteiger partial charge on any atom is -0.309 e. The molecule has 1 aliphatic rings. The fourth-order valence-corrected chi connectivity index (χ4v) is 2.71. The molecule has 4 nitrogen and oxygen atoms in total. The largest absolute Gasteiger partial charge is 0.309 e. The first-order valence-corrected chi connectivity index (χ1v) is 6.66. The molecule has 0 saturated carbocycles. The van der Waals surface area contributed by atoms with Gasteiger partial charge in [-0.1, -0.05) is 6.07 Å². The van der Waals surface area contributed by atoms with Crippen molar-refractivity contribution in [1.82, 2.24) is 19.8 Å². The second-order valence-corrected chi connectivity index (χ2v) is 5.18. The highest BCUT2D eigenvalue weighted by molar-refractivity contribution is 5.53. The fourth-order valence-electron chi connectivity index (χ4n) is 2.71. The van der Waals surface area contributed by atoms with Gasteiger partial charge in [-0.3, -0.25) is 0 Å². The van der Waals surface area contributed by atoms with Crippen LogP contribution in [0.15, 0.2) is 30.6 Å². The summed E-state index contributed by atoms with van der Waals surface area (Å²) in [5, 5.41) is 8.02. The number of nitrogens with one attached hydrogen (secondary N) is 1. The van der Waals surface area contributed by atoms with Crippen LogP contribution in [-0.2, 0) is 6.54 Å². The average molecular weight is 244 g/mol. The van der Waals surface area contributed by atoms with Crippen molar-refractivity contribution in [3.05, 3.63) is 36.2 Å². The zero-order chi connectivity index (χ0) is 12.4. The van der Waals surface area contributed by atoms with Crippen molar-refractivity contribution < 1.29 is 0 Å². The summed E-state index contributed by atoms with van der Waals surface area (Å²) in [4.78, 5) is 2.40. The van der Waals surface area contributed by atoms with E-state index in [2.05, 4.69) is 34.5 Å². The highest BCUT2D eigenvalue weighted by atomic mass is 15.2. The first-order chi connectivity index (χ1) is 8.83. The molecule has 3 heterocycles. The second-order valence-electron chi connectivity index (χ2n) is 5.18. The summed E-state index contributed by atoms with van der Waals surface area (Å²) < 4.78 is 1.93. The fraction of sp³-hybridized carbons (Fsp3) is 0.500. The molecule has 1 aliphatic heterocycles. The van der Waals surface area contributed by atoms with Gasteiger partial charge in [-0.15, -0.1) is 0 Å². The Morgan fingerprint density at radius 2 is 2.39 bits per heavy atom. The molecule has 2 aromatic rings. The van der Waals surface area contributed by atoms with E-state index in [9.17, 15) is 0 Å². The third kappa shape index (κ3) is 2.40. The maximum absolute atomic E-state index is 4.36. The summed E-state index contributed by atoms with van der Waals surface area (Å²) in [6.07, 6.45) is 6.54. The zero-order valence-electron chi connectivity index (χ0n) is 10.8. The molecule has 1 unspecified atom stereocenters. The molecule has 1 atom stereocenters. The molecule has 0 radical (unpaired) electrons. The van der Waals surface area contributed by atoms with Gasteiger partial charge in [0.15, 0.2) is 0 Å². The molecule has 3 rings (SSSR count). The summed E-state index contributed by atoms with van der Waals surface area (Å²) in [6.45, 7) is 3.29. The molecule has 1 saturated heterocycles. The molecule has 4 heteroatoms. The molecular weight excluding hydrogens is 224 g/mol. The molecule has 1 N–H and O–H groups in total. The molecule has 18 heavy (non-hydrogen) atoms. The Bertz CT molecular complexity index is 519. The van der Waals surface area contributed by atoms with Crippen molar-refractivity contribution in [2.45, 2.75) is 25.4 Å². The summed E-state index contributed by atoms with van der Waals surface area (Å²) in [6, 6.07) is 6.81. The van der Waals surface area contributed by atoms with Crippen LogP contribution < -0.4 is 5.32 Å². The van der Waals surface area contributed by atoms with Crippen molar-refractivity contribution in [3.8, 4) is 0 Å². The topological polar surface area (TPSA) is 32.6 Å². The van der Waals surface area contributed by atoms with E-state index >= 15 is 0 Å². The standard InChI is InChI=1S/C14H20N4/c1-17-7-4-5-13(11-17)15-9-12-10-16-18-8-3-2-6-14(12)18/h2-3,6,8,10,13,15H,4-5,7,9,11H2,1H3. The smallest absolute Gasteiger partial charge is 0.0706 e. The molecule has 0 spiro atoms. The highest BCUT2D eigenvalue weighted by Gasteiger charge is 2.16. The lowest BCUT2D eigenvalue weighted by Crippen LogP contribution is -2.43. The molecule has 1 fully saturated rings. The van der Waals surface area contributed by atoms with Crippen molar-refractivity contribution in [2.24, 2.45) is 0 Å². The normalized spacial score (nSPS) is 21.5. The van der Waals surface area contributed by atoms with E-state index in [1.807, 2.05) is 23.0 Å². The third-order valence-electron chi connectivity index (χ3n) is 3.71. The van der Waals surface area contributed by atoms with Gasteiger partial charge in [0.1, 0.15) is 0 Å². The van der Waals surface area contributed by atoms with Crippen LogP contribution in [0.5, 0.6) is 0 Å². The summed E-state index contributed by atoms with van der Waals surface area (Å²) in [5.74, 6) is 0. The van der Waals surface area contributed by atoms with Gasteiger partial charge in [0.25, 0.3) is 0 Å². The molecular formula is C14H20N4. The van der Waals surface area contributed by atoms with Gasteiger partial charge in [-0.2, -0.15) is 5.10 Å². The van der Waals surface area contributed by atoms with E-state index in [4.69, 9.17) is 0 Å². The van der Waals surface area contributed by atoms with Crippen LogP contribution in [0.4, 0.5) is 0 Å². The Labute approximate surface area is 108 Å². The molecule has 2 aromatic heterocycles. The van der Waals surface area contributed by atoms with E-state index in [1.165, 1.54) is 30.5 Å². The SMILES string of the molecule is CN1CCCC(NCc2cnn3ccccc23)C1. The van der Waals surface area contributed by atoms with Crippen LogP contribution in [0.2, 0.25) is 0 Å². The van der Waals surface area contributed by atoms with E-state index in [1.54, 1.807) is 0 Å². The van der Waals surface area contributed by atoms with Crippen LogP contribution in [0.1, 0.15) is 18.4 Å². The van der Waals surface area contributed by atoms with Crippen molar-refractivity contribution in [3.63, 3.8) is 0 Å². The van der Waals surface area contributed by atoms with Crippen LogP contribution >= 0.6 is 0 Å². The van der Waals surface area contributed by atoms with E-state index in [0.29, 0.717) is 6.04 Å². The summed E-state index contributed by atoms with van der Waals surface area (Å²) in [7, 11) is 2.20. The lowest BCUT2D eigenvalue weighted by atomic mass is 10.1. The monoisotopic (exact) mass is 244 g/mol. The van der Waals surface area contributed by atoms with E-state index in [0.717, 1.165) is 13.1 Å². The summed E-state index contributed by atoms with van der Waals surface area (Å²) >= 11 is 0. The maximum atomic E-state index is 4.36. The highest BCUT2D eigenvalue weighted by Crippen LogP contribution is 2.12. The number of pyridine rings is 1. The predicted molar refractivity (Wildman–Crippen MR) is 72.6 cm³/mol. The predicted octanol–water partition coefficient (Wildman–Crippen LogP) is 1.52. The minimum absolute atomic E-state index is 0.613. The quantitative estimate of drug-likeness (QED) is 0.888. The van der Waals surface area contributed by atoms with Crippen LogP contribution in [0.25, 0.3) is 5.52 Å². The lowest BCUT2D eigenvalue weighted by molar-refractivity contribution is 0.226. The van der Waals surface area contributed by atoms with Gasteiger partial charge in [0.2, 0.25) is 0 Å². The van der Waals surface area contributed by atoms with E-state index in [-0.39, 0.29) is 0 Å². The Balaban J connectivity index is 1.66. The Morgan fingerprint density at radius 3 is 3.28 bits per heavy atom. The summed E-state index contributed by atoms with van der Waals surface area (Å²) in [5.41, 5.74) is 2.48. The van der Waals surface area contributed by atoms with Crippen LogP contribution in [0.3, 0.4) is 0 Å². The maximum Gasteiger partial charge on any atom is 0.0706 e. The van der Waals surface area contributed by atoms with Gasteiger partial charge in [-0.05, 0) is 38.6 Å². The van der Waals surface area contributed by atoms with Gasteiger partial charge in [0.05, 0.1) is 11.7 Å². The number of likely N-dealkylation sites (N-methyl/N-ethyl adjacent to an activating group) is 1. The van der Waals surface area contributed by atoms with E-state index < -0.39 is 0 Å². The third-order valence-corrected chi connectivity index (χ3v) is 3.71. The molecule has 0 aromatic carbocycles. The molecule has 96 valence electrons. The number of likely N-dealkylation sites (tertiary alicyclic amines) is 1. The zero-order valence-corrected chi connectivity index (χ0v) is 10.8. The number of nitrogens with zero attached hydrogens (tertiary/aromatic N) is 3. The van der Waals surface area contributed by atoms with Crippen molar-refractivity contribution in [1.29, 1.82) is 0 Å². The number of fused-ring (bicyclic) bond motifs is 1. The number of rotatable bonds is 3. The van der Waals surface area contributed by atoms with Gasteiger partial charge >= 0.3 is 0 Å². The number of hydrogen-bond acceptors (Lipinski definition) is 3. The first kappa shape index (κ1) is 11.7. The molecule has 0 bridgehead atoms.